The number of methoxy groups -OCH3 is 1. The summed E-state index contributed by atoms with van der Waals surface area (Å²) >= 11 is 5.64. The SMILES string of the molecule is COc1ccc(-c2ccccc2)cc1NC(=S)N1CCN(c2cccc(C(F)(F)F)c2)CC1. The zero-order chi connectivity index (χ0) is 23.4. The van der Waals surface area contributed by atoms with E-state index < -0.39 is 11.7 Å². The second kappa shape index (κ2) is 9.70. The molecule has 0 amide bonds. The van der Waals surface area contributed by atoms with Crippen molar-refractivity contribution < 1.29 is 17.9 Å². The molecule has 33 heavy (non-hydrogen) atoms. The van der Waals surface area contributed by atoms with Gasteiger partial charge in [-0.25, -0.2) is 0 Å². The van der Waals surface area contributed by atoms with Crippen LogP contribution >= 0.6 is 12.2 Å². The number of hydrogen-bond donors (Lipinski definition) is 1. The van der Waals surface area contributed by atoms with Gasteiger partial charge < -0.3 is 19.9 Å². The molecular weight excluding hydrogens is 447 g/mol. The fourth-order valence-electron chi connectivity index (χ4n) is 3.86. The van der Waals surface area contributed by atoms with Gasteiger partial charge in [-0.1, -0.05) is 42.5 Å². The lowest BCUT2D eigenvalue weighted by atomic mass is 10.0. The molecule has 3 aromatic carbocycles. The van der Waals surface area contributed by atoms with Crippen LogP contribution in [0.1, 0.15) is 5.56 Å². The Morgan fingerprint density at radius 2 is 1.61 bits per heavy atom. The minimum atomic E-state index is -4.35. The minimum Gasteiger partial charge on any atom is -0.495 e. The quantitative estimate of drug-likeness (QED) is 0.479. The Balaban J connectivity index is 1.43. The van der Waals surface area contributed by atoms with Gasteiger partial charge in [0.25, 0.3) is 0 Å². The van der Waals surface area contributed by atoms with Crippen molar-refractivity contribution in [2.75, 3.05) is 43.5 Å². The summed E-state index contributed by atoms with van der Waals surface area (Å²) in [6.07, 6.45) is -4.35. The number of ether oxygens (including phenoxy) is 1. The van der Waals surface area contributed by atoms with Crippen LogP contribution in [0.15, 0.2) is 72.8 Å². The second-order valence-corrected chi connectivity index (χ2v) is 8.12. The standard InChI is InChI=1S/C25H24F3N3OS/c1-32-23-11-10-19(18-6-3-2-4-7-18)16-22(23)29-24(33)31-14-12-30(13-15-31)21-9-5-8-20(17-21)25(26,27)28/h2-11,16-17H,12-15H2,1H3,(H,29,33). The highest BCUT2D eigenvalue weighted by Gasteiger charge is 2.31. The van der Waals surface area contributed by atoms with Gasteiger partial charge in [-0.3, -0.25) is 0 Å². The molecule has 4 rings (SSSR count). The van der Waals surface area contributed by atoms with Crippen molar-refractivity contribution in [3.05, 3.63) is 78.4 Å². The summed E-state index contributed by atoms with van der Waals surface area (Å²) in [5.74, 6) is 0.680. The van der Waals surface area contributed by atoms with E-state index in [1.165, 1.54) is 12.1 Å². The zero-order valence-corrected chi connectivity index (χ0v) is 18.9. The molecule has 0 spiro atoms. The van der Waals surface area contributed by atoms with Crippen LogP contribution < -0.4 is 15.0 Å². The maximum atomic E-state index is 13.0. The number of halogens is 3. The average molecular weight is 472 g/mol. The van der Waals surface area contributed by atoms with E-state index in [2.05, 4.69) is 5.32 Å². The maximum absolute atomic E-state index is 13.0. The van der Waals surface area contributed by atoms with Gasteiger partial charge in [0.15, 0.2) is 5.11 Å². The highest BCUT2D eigenvalue weighted by molar-refractivity contribution is 7.80. The molecule has 8 heteroatoms. The van der Waals surface area contributed by atoms with Crippen LogP contribution in [0, 0.1) is 0 Å². The van der Waals surface area contributed by atoms with Gasteiger partial charge in [-0.15, -0.1) is 0 Å². The lowest BCUT2D eigenvalue weighted by Gasteiger charge is -2.37. The third kappa shape index (κ3) is 5.39. The summed E-state index contributed by atoms with van der Waals surface area (Å²) < 4.78 is 44.6. The summed E-state index contributed by atoms with van der Waals surface area (Å²) in [5, 5.41) is 3.85. The lowest BCUT2D eigenvalue weighted by molar-refractivity contribution is -0.137. The Kier molecular flexibility index (Phi) is 6.74. The van der Waals surface area contributed by atoms with Crippen LogP contribution in [0.4, 0.5) is 24.5 Å². The maximum Gasteiger partial charge on any atom is 0.416 e. The van der Waals surface area contributed by atoms with E-state index in [4.69, 9.17) is 17.0 Å². The number of anilines is 2. The van der Waals surface area contributed by atoms with Gasteiger partial charge in [0.05, 0.1) is 18.4 Å². The van der Waals surface area contributed by atoms with Crippen molar-refractivity contribution in [2.24, 2.45) is 0 Å². The molecule has 0 aromatic heterocycles. The number of thiocarbonyl (C=S) groups is 1. The number of benzene rings is 3. The molecule has 0 atom stereocenters. The monoisotopic (exact) mass is 471 g/mol. The van der Waals surface area contributed by atoms with Gasteiger partial charge in [-0.2, -0.15) is 13.2 Å². The summed E-state index contributed by atoms with van der Waals surface area (Å²) in [6.45, 7) is 2.35. The zero-order valence-electron chi connectivity index (χ0n) is 18.1. The lowest BCUT2D eigenvalue weighted by Crippen LogP contribution is -2.50. The van der Waals surface area contributed by atoms with E-state index >= 15 is 0 Å². The molecule has 4 nitrogen and oxygen atoms in total. The third-order valence-electron chi connectivity index (χ3n) is 5.65. The number of piperazine rings is 1. The molecule has 1 saturated heterocycles. The molecule has 1 fully saturated rings. The summed E-state index contributed by atoms with van der Waals surface area (Å²) in [6, 6.07) is 21.4. The highest BCUT2D eigenvalue weighted by Crippen LogP contribution is 2.33. The molecule has 1 heterocycles. The van der Waals surface area contributed by atoms with Crippen LogP contribution in [0.2, 0.25) is 0 Å². The Labute approximate surface area is 196 Å². The Hall–Kier alpha value is -3.26. The second-order valence-electron chi connectivity index (χ2n) is 7.73. The normalized spacial score (nSPS) is 14.2. The van der Waals surface area contributed by atoms with E-state index in [1.54, 1.807) is 13.2 Å². The van der Waals surface area contributed by atoms with Crippen LogP contribution in [0.25, 0.3) is 11.1 Å². The predicted molar refractivity (Wildman–Crippen MR) is 130 cm³/mol. The van der Waals surface area contributed by atoms with Gasteiger partial charge >= 0.3 is 6.18 Å². The van der Waals surface area contributed by atoms with E-state index in [9.17, 15) is 13.2 Å². The predicted octanol–water partition coefficient (Wildman–Crippen LogP) is 5.90. The number of rotatable bonds is 4. The molecule has 1 N–H and O–H groups in total. The van der Waals surface area contributed by atoms with Crippen molar-refractivity contribution in [3.8, 4) is 16.9 Å². The first kappa shape index (κ1) is 22.9. The number of nitrogens with zero attached hydrogens (tertiary/aromatic N) is 2. The van der Waals surface area contributed by atoms with Crippen molar-refractivity contribution >= 4 is 28.7 Å². The summed E-state index contributed by atoms with van der Waals surface area (Å²) in [4.78, 5) is 3.97. The van der Waals surface area contributed by atoms with Crippen LogP contribution in [0.5, 0.6) is 5.75 Å². The first-order valence-corrected chi connectivity index (χ1v) is 11.0. The number of hydrogen-bond acceptors (Lipinski definition) is 3. The largest absolute Gasteiger partial charge is 0.495 e. The molecule has 0 radical (unpaired) electrons. The molecule has 3 aromatic rings. The molecule has 0 saturated carbocycles. The van der Waals surface area contributed by atoms with Gasteiger partial charge in [0.2, 0.25) is 0 Å². The third-order valence-corrected chi connectivity index (χ3v) is 6.01. The van der Waals surface area contributed by atoms with Crippen LogP contribution in [0.3, 0.4) is 0 Å². The minimum absolute atomic E-state index is 0.558. The Morgan fingerprint density at radius 1 is 0.879 bits per heavy atom. The van der Waals surface area contributed by atoms with E-state index in [-0.39, 0.29) is 0 Å². The summed E-state index contributed by atoms with van der Waals surface area (Å²) in [5.41, 5.74) is 2.83. The van der Waals surface area contributed by atoms with Gasteiger partial charge in [0.1, 0.15) is 5.75 Å². The van der Waals surface area contributed by atoms with Gasteiger partial charge in [0, 0.05) is 31.9 Å². The van der Waals surface area contributed by atoms with Crippen molar-refractivity contribution in [1.29, 1.82) is 0 Å². The first-order chi connectivity index (χ1) is 15.8. The fraction of sp³-hybridized carbons (Fsp3) is 0.240. The van der Waals surface area contributed by atoms with Crippen molar-refractivity contribution in [1.82, 2.24) is 4.90 Å². The molecule has 1 aliphatic rings. The highest BCUT2D eigenvalue weighted by atomic mass is 32.1. The fourth-order valence-corrected chi connectivity index (χ4v) is 4.15. The molecular formula is C25H24F3N3OS. The molecule has 0 aliphatic carbocycles. The van der Waals surface area contributed by atoms with Gasteiger partial charge in [-0.05, 0) is 53.7 Å². The molecule has 0 unspecified atom stereocenters. The Bertz CT molecular complexity index is 1110. The Morgan fingerprint density at radius 3 is 2.27 bits per heavy atom. The molecule has 172 valence electrons. The summed E-state index contributed by atoms with van der Waals surface area (Å²) in [7, 11) is 1.61. The van der Waals surface area contributed by atoms with Crippen molar-refractivity contribution in [3.63, 3.8) is 0 Å². The van der Waals surface area contributed by atoms with Crippen molar-refractivity contribution in [2.45, 2.75) is 6.18 Å². The van der Waals surface area contributed by atoms with Crippen LogP contribution in [-0.2, 0) is 6.18 Å². The van der Waals surface area contributed by atoms with Crippen LogP contribution in [-0.4, -0.2) is 43.3 Å². The smallest absolute Gasteiger partial charge is 0.416 e. The first-order valence-electron chi connectivity index (χ1n) is 10.6. The van der Waals surface area contributed by atoms with E-state index in [0.29, 0.717) is 42.7 Å². The van der Waals surface area contributed by atoms with E-state index in [0.717, 1.165) is 22.9 Å². The topological polar surface area (TPSA) is 27.7 Å². The van der Waals surface area contributed by atoms with E-state index in [1.807, 2.05) is 58.3 Å². The molecule has 0 bridgehead atoms. The number of nitrogens with one attached hydrogen (secondary N) is 1. The average Bonchev–Trinajstić information content (AvgIpc) is 2.84. The number of alkyl halides is 3. The molecule has 1 aliphatic heterocycles.